The van der Waals surface area contributed by atoms with E-state index in [4.69, 9.17) is 28.0 Å². The third kappa shape index (κ3) is 3.19. The molecule has 0 radical (unpaired) electrons. The Kier molecular flexibility index (Phi) is 4.95. The van der Waals surface area contributed by atoms with Crippen molar-refractivity contribution in [2.45, 2.75) is 6.54 Å². The highest BCUT2D eigenvalue weighted by Crippen LogP contribution is 2.24. The number of aliphatic hydroxyl groups is 1. The van der Waals surface area contributed by atoms with Gasteiger partial charge in [0.15, 0.2) is 5.76 Å². The highest BCUT2D eigenvalue weighted by Gasteiger charge is 2.34. The molecule has 0 atom stereocenters. The molecular formula is C14H14Cl2N2O4. The Bertz CT molecular complexity index is 660. The van der Waals surface area contributed by atoms with Gasteiger partial charge in [-0.05, 0) is 17.7 Å². The smallest absolute Gasteiger partial charge is 0.289 e. The lowest BCUT2D eigenvalue weighted by Crippen LogP contribution is -2.32. The fraction of sp³-hybridized carbons (Fsp3) is 0.286. The maximum absolute atomic E-state index is 12.4. The summed E-state index contributed by atoms with van der Waals surface area (Å²) in [5, 5.41) is 11.5. The Morgan fingerprint density at radius 3 is 2.59 bits per heavy atom. The molecule has 1 N–H and O–H groups in total. The molecule has 0 spiro atoms. The normalized spacial score (nSPS) is 14.7. The predicted octanol–water partition coefficient (Wildman–Crippen LogP) is 2.17. The number of rotatable bonds is 4. The van der Waals surface area contributed by atoms with Crippen LogP contribution in [0, 0.1) is 0 Å². The number of halogens is 2. The highest BCUT2D eigenvalue weighted by atomic mass is 35.5. The number of hydrogen-bond acceptors (Lipinski definition) is 4. The third-order valence-corrected chi connectivity index (χ3v) is 3.98. The third-order valence-electron chi connectivity index (χ3n) is 3.25. The van der Waals surface area contributed by atoms with Crippen molar-refractivity contribution >= 4 is 35.0 Å². The number of carbonyl (C=O) groups excluding carboxylic acids is 2. The average molecular weight is 345 g/mol. The van der Waals surface area contributed by atoms with Gasteiger partial charge in [0.25, 0.3) is 11.8 Å². The molecule has 6 nitrogen and oxygen atoms in total. The molecule has 118 valence electrons. The summed E-state index contributed by atoms with van der Waals surface area (Å²) in [6.45, 7) is 0.131. The van der Waals surface area contributed by atoms with Crippen LogP contribution in [0.15, 0.2) is 29.5 Å². The first-order valence-corrected chi connectivity index (χ1v) is 7.08. The lowest BCUT2D eigenvalue weighted by atomic mass is 10.2. The van der Waals surface area contributed by atoms with Gasteiger partial charge in [0.2, 0.25) is 0 Å². The van der Waals surface area contributed by atoms with Crippen molar-refractivity contribution in [2.75, 3.05) is 20.7 Å². The Balaban J connectivity index is 2.20. The second-order valence-corrected chi connectivity index (χ2v) is 5.58. The molecule has 8 heteroatoms. The average Bonchev–Trinajstić information content (AvgIpc) is 2.75. The largest absolute Gasteiger partial charge is 0.503 e. The maximum Gasteiger partial charge on any atom is 0.289 e. The lowest BCUT2D eigenvalue weighted by Gasteiger charge is -2.20. The molecule has 0 unspecified atom stereocenters. The highest BCUT2D eigenvalue weighted by molar-refractivity contribution is 6.42. The van der Waals surface area contributed by atoms with Crippen LogP contribution < -0.4 is 0 Å². The topological polar surface area (TPSA) is 70.1 Å². The van der Waals surface area contributed by atoms with E-state index in [1.807, 2.05) is 0 Å². The van der Waals surface area contributed by atoms with Gasteiger partial charge in [0.1, 0.15) is 0 Å². The molecule has 1 aliphatic rings. The molecule has 1 aliphatic heterocycles. The molecule has 1 aromatic carbocycles. The van der Waals surface area contributed by atoms with Crippen LogP contribution in [-0.2, 0) is 21.0 Å². The van der Waals surface area contributed by atoms with Crippen LogP contribution in [0.1, 0.15) is 5.56 Å². The first-order valence-electron chi connectivity index (χ1n) is 6.32. The molecule has 1 aromatic rings. The van der Waals surface area contributed by atoms with Crippen molar-refractivity contribution in [2.24, 2.45) is 0 Å². The van der Waals surface area contributed by atoms with Crippen molar-refractivity contribution < 1.29 is 19.5 Å². The SMILES string of the molecule is CON(Cc1ccc(Cl)c(Cl)c1)C(=O)C1=C(O)C(=O)N(C)C1. The van der Waals surface area contributed by atoms with Crippen LogP contribution in [0.4, 0.5) is 0 Å². The molecule has 1 heterocycles. The second-order valence-electron chi connectivity index (χ2n) is 4.76. The van der Waals surface area contributed by atoms with E-state index < -0.39 is 17.6 Å². The number of carbonyl (C=O) groups is 2. The van der Waals surface area contributed by atoms with Gasteiger partial charge in [-0.1, -0.05) is 29.3 Å². The van der Waals surface area contributed by atoms with Crippen LogP contribution in [0.2, 0.25) is 10.0 Å². The van der Waals surface area contributed by atoms with Crippen LogP contribution in [0.3, 0.4) is 0 Å². The molecule has 22 heavy (non-hydrogen) atoms. The van der Waals surface area contributed by atoms with Gasteiger partial charge in [-0.2, -0.15) is 0 Å². The minimum Gasteiger partial charge on any atom is -0.503 e. The van der Waals surface area contributed by atoms with E-state index in [-0.39, 0.29) is 18.7 Å². The Hall–Kier alpha value is -1.76. The van der Waals surface area contributed by atoms with E-state index in [0.29, 0.717) is 15.6 Å². The zero-order valence-electron chi connectivity index (χ0n) is 12.0. The van der Waals surface area contributed by atoms with E-state index in [1.165, 1.54) is 19.1 Å². The summed E-state index contributed by atoms with van der Waals surface area (Å²) in [6, 6.07) is 4.93. The Labute approximate surface area is 137 Å². The number of benzene rings is 1. The van der Waals surface area contributed by atoms with Crippen LogP contribution in [0.25, 0.3) is 0 Å². The molecule has 2 amide bonds. The van der Waals surface area contributed by atoms with Gasteiger partial charge < -0.3 is 10.0 Å². The number of hydroxylamine groups is 2. The van der Waals surface area contributed by atoms with E-state index in [9.17, 15) is 14.7 Å². The molecule has 2 rings (SSSR count). The van der Waals surface area contributed by atoms with Gasteiger partial charge >= 0.3 is 0 Å². The van der Waals surface area contributed by atoms with E-state index in [1.54, 1.807) is 18.2 Å². The van der Waals surface area contributed by atoms with Crippen molar-refractivity contribution in [3.05, 3.63) is 45.1 Å². The summed E-state index contributed by atoms with van der Waals surface area (Å²) >= 11 is 11.8. The summed E-state index contributed by atoms with van der Waals surface area (Å²) < 4.78 is 0. The quantitative estimate of drug-likeness (QED) is 0.849. The standard InChI is InChI=1S/C14H14Cl2N2O4/c1-17-7-9(12(19)14(17)21)13(20)18(22-2)6-8-3-4-10(15)11(16)5-8/h3-5,19H,6-7H2,1-2H3. The van der Waals surface area contributed by atoms with Crippen LogP contribution in [0.5, 0.6) is 0 Å². The van der Waals surface area contributed by atoms with Crippen LogP contribution in [-0.4, -0.2) is 47.6 Å². The predicted molar refractivity (Wildman–Crippen MR) is 81.3 cm³/mol. The number of aliphatic hydroxyl groups excluding tert-OH is 1. The molecule has 0 saturated carbocycles. The minimum absolute atomic E-state index is 0.00518. The molecule has 0 aliphatic carbocycles. The van der Waals surface area contributed by atoms with Gasteiger partial charge in [-0.15, -0.1) is 0 Å². The Morgan fingerprint density at radius 1 is 1.41 bits per heavy atom. The van der Waals surface area contributed by atoms with Crippen molar-refractivity contribution in [1.82, 2.24) is 9.96 Å². The fourth-order valence-corrected chi connectivity index (χ4v) is 2.36. The molecule has 0 saturated heterocycles. The number of amides is 2. The summed E-state index contributed by atoms with van der Waals surface area (Å²) in [5.74, 6) is -1.72. The second kappa shape index (κ2) is 6.56. The van der Waals surface area contributed by atoms with Crippen molar-refractivity contribution in [1.29, 1.82) is 0 Å². The van der Waals surface area contributed by atoms with Crippen molar-refractivity contribution in [3.8, 4) is 0 Å². The summed E-state index contributed by atoms with van der Waals surface area (Å²) in [4.78, 5) is 30.2. The molecular weight excluding hydrogens is 331 g/mol. The van der Waals surface area contributed by atoms with E-state index >= 15 is 0 Å². The van der Waals surface area contributed by atoms with E-state index in [0.717, 1.165) is 5.06 Å². The Morgan fingerprint density at radius 2 is 2.09 bits per heavy atom. The first-order chi connectivity index (χ1) is 10.3. The zero-order valence-corrected chi connectivity index (χ0v) is 13.5. The van der Waals surface area contributed by atoms with Gasteiger partial charge in [0, 0.05) is 7.05 Å². The van der Waals surface area contributed by atoms with Crippen LogP contribution >= 0.6 is 23.2 Å². The number of likely N-dealkylation sites (N-methyl/N-ethyl adjacent to an activating group) is 1. The minimum atomic E-state index is -0.589. The first kappa shape index (κ1) is 16.6. The monoisotopic (exact) mass is 344 g/mol. The maximum atomic E-state index is 12.4. The number of hydrogen-bond donors (Lipinski definition) is 1. The zero-order chi connectivity index (χ0) is 16.4. The molecule has 0 bridgehead atoms. The summed E-state index contributed by atoms with van der Waals surface area (Å²) in [6.07, 6.45) is 0. The summed E-state index contributed by atoms with van der Waals surface area (Å²) in [7, 11) is 2.82. The molecule has 0 fully saturated rings. The van der Waals surface area contributed by atoms with Crippen molar-refractivity contribution in [3.63, 3.8) is 0 Å². The fourth-order valence-electron chi connectivity index (χ4n) is 2.04. The lowest BCUT2D eigenvalue weighted by molar-refractivity contribution is -0.174. The molecule has 0 aromatic heterocycles. The summed E-state index contributed by atoms with van der Waals surface area (Å²) in [5.41, 5.74) is 0.691. The van der Waals surface area contributed by atoms with Gasteiger partial charge in [-0.25, -0.2) is 5.06 Å². The number of nitrogens with zero attached hydrogens (tertiary/aromatic N) is 2. The van der Waals surface area contributed by atoms with Gasteiger partial charge in [-0.3, -0.25) is 14.4 Å². The van der Waals surface area contributed by atoms with Gasteiger partial charge in [0.05, 0.1) is 35.8 Å². The van der Waals surface area contributed by atoms with E-state index in [2.05, 4.69) is 0 Å².